The molecule has 2 rings (SSSR count). The van der Waals surface area contributed by atoms with Gasteiger partial charge in [-0.25, -0.2) is 0 Å². The summed E-state index contributed by atoms with van der Waals surface area (Å²) in [6.45, 7) is 0. The fraction of sp³-hybridized carbons (Fsp3) is 0.231. The number of benzene rings is 1. The molecule has 0 aliphatic heterocycles. The Morgan fingerprint density at radius 2 is 1.75 bits per heavy atom. The summed E-state index contributed by atoms with van der Waals surface area (Å²) in [4.78, 5) is 2.06. The topological polar surface area (TPSA) is 42.4 Å². The van der Waals surface area contributed by atoms with E-state index in [4.69, 9.17) is 10.2 Å². The first kappa shape index (κ1) is 10.8. The standard InChI is InChI=1S/C13H16N2O/c1-15(2)12-5-3-10(4-6-12)13(14)11-7-8-16-9-11/h3-9,13H,14H2,1-2H3. The molecule has 0 bridgehead atoms. The zero-order valence-corrected chi connectivity index (χ0v) is 9.55. The lowest BCUT2D eigenvalue weighted by atomic mass is 10.0. The van der Waals surface area contributed by atoms with E-state index in [1.807, 2.05) is 32.3 Å². The SMILES string of the molecule is CN(C)c1ccc(C(N)c2ccoc2)cc1. The van der Waals surface area contributed by atoms with Gasteiger partial charge in [0.05, 0.1) is 18.6 Å². The van der Waals surface area contributed by atoms with Gasteiger partial charge in [0.25, 0.3) is 0 Å². The molecule has 0 aliphatic rings. The third kappa shape index (κ3) is 2.09. The van der Waals surface area contributed by atoms with Crippen LogP contribution < -0.4 is 10.6 Å². The summed E-state index contributed by atoms with van der Waals surface area (Å²) in [7, 11) is 4.04. The van der Waals surface area contributed by atoms with Gasteiger partial charge in [0.1, 0.15) is 0 Å². The predicted octanol–water partition coefficient (Wildman–Crippen LogP) is 2.39. The van der Waals surface area contributed by atoms with Crippen LogP contribution in [0, 0.1) is 0 Å². The first-order valence-corrected chi connectivity index (χ1v) is 5.23. The average Bonchev–Trinajstić information content (AvgIpc) is 2.81. The molecule has 2 N–H and O–H groups in total. The summed E-state index contributed by atoms with van der Waals surface area (Å²) in [5.41, 5.74) is 9.37. The first-order chi connectivity index (χ1) is 7.68. The molecule has 1 atom stereocenters. The molecule has 3 nitrogen and oxygen atoms in total. The van der Waals surface area contributed by atoms with Gasteiger partial charge in [-0.1, -0.05) is 12.1 Å². The Hall–Kier alpha value is -1.74. The highest BCUT2D eigenvalue weighted by molar-refractivity contribution is 5.47. The quantitative estimate of drug-likeness (QED) is 0.856. The molecule has 0 amide bonds. The van der Waals surface area contributed by atoms with Crippen LogP contribution in [0.2, 0.25) is 0 Å². The summed E-state index contributed by atoms with van der Waals surface area (Å²) < 4.78 is 5.03. The second-order valence-electron chi connectivity index (χ2n) is 4.02. The monoisotopic (exact) mass is 216 g/mol. The molecular formula is C13H16N2O. The van der Waals surface area contributed by atoms with E-state index in [9.17, 15) is 0 Å². The predicted molar refractivity (Wildman–Crippen MR) is 65.5 cm³/mol. The van der Waals surface area contributed by atoms with E-state index in [-0.39, 0.29) is 6.04 Å². The minimum absolute atomic E-state index is 0.116. The van der Waals surface area contributed by atoms with Gasteiger partial charge >= 0.3 is 0 Å². The van der Waals surface area contributed by atoms with E-state index in [0.29, 0.717) is 0 Å². The van der Waals surface area contributed by atoms with Gasteiger partial charge in [-0.15, -0.1) is 0 Å². The second kappa shape index (κ2) is 4.41. The highest BCUT2D eigenvalue weighted by Crippen LogP contribution is 2.22. The molecule has 84 valence electrons. The van der Waals surface area contributed by atoms with Crippen LogP contribution in [0.3, 0.4) is 0 Å². The summed E-state index contributed by atoms with van der Waals surface area (Å²) in [6.07, 6.45) is 3.33. The van der Waals surface area contributed by atoms with Crippen molar-refractivity contribution in [3.63, 3.8) is 0 Å². The van der Waals surface area contributed by atoms with Gasteiger partial charge in [-0.05, 0) is 23.8 Å². The Labute approximate surface area is 95.5 Å². The number of anilines is 1. The zero-order chi connectivity index (χ0) is 11.5. The Balaban J connectivity index is 2.22. The van der Waals surface area contributed by atoms with Crippen molar-refractivity contribution >= 4 is 5.69 Å². The van der Waals surface area contributed by atoms with Crippen LogP contribution in [0.4, 0.5) is 5.69 Å². The van der Waals surface area contributed by atoms with E-state index < -0.39 is 0 Å². The van der Waals surface area contributed by atoms with Crippen LogP contribution in [0.1, 0.15) is 17.2 Å². The highest BCUT2D eigenvalue weighted by Gasteiger charge is 2.09. The van der Waals surface area contributed by atoms with Crippen LogP contribution in [-0.2, 0) is 0 Å². The summed E-state index contributed by atoms with van der Waals surface area (Å²) in [6, 6.07) is 10.0. The van der Waals surface area contributed by atoms with Gasteiger partial charge < -0.3 is 15.1 Å². The molecule has 1 aromatic heterocycles. The number of nitrogens with two attached hydrogens (primary N) is 1. The minimum atomic E-state index is -0.116. The summed E-state index contributed by atoms with van der Waals surface area (Å²) >= 11 is 0. The molecule has 0 aliphatic carbocycles. The van der Waals surface area contributed by atoms with E-state index in [2.05, 4.69) is 17.0 Å². The van der Waals surface area contributed by atoms with Crippen molar-refractivity contribution < 1.29 is 4.42 Å². The Morgan fingerprint density at radius 1 is 1.06 bits per heavy atom. The van der Waals surface area contributed by atoms with Crippen molar-refractivity contribution in [2.75, 3.05) is 19.0 Å². The number of furan rings is 1. The highest BCUT2D eigenvalue weighted by atomic mass is 16.3. The molecule has 0 saturated heterocycles. The lowest BCUT2D eigenvalue weighted by molar-refractivity contribution is 0.562. The van der Waals surface area contributed by atoms with Crippen molar-refractivity contribution in [2.45, 2.75) is 6.04 Å². The minimum Gasteiger partial charge on any atom is -0.472 e. The third-order valence-corrected chi connectivity index (χ3v) is 2.67. The number of nitrogens with zero attached hydrogens (tertiary/aromatic N) is 1. The lowest BCUT2D eigenvalue weighted by Gasteiger charge is -2.15. The van der Waals surface area contributed by atoms with Gasteiger partial charge in [0, 0.05) is 25.3 Å². The summed E-state index contributed by atoms with van der Waals surface area (Å²) in [5.74, 6) is 0. The van der Waals surface area contributed by atoms with Gasteiger partial charge in [-0.2, -0.15) is 0 Å². The molecule has 1 heterocycles. The fourth-order valence-electron chi connectivity index (χ4n) is 1.62. The maximum absolute atomic E-state index is 6.11. The van der Waals surface area contributed by atoms with Crippen molar-refractivity contribution in [3.05, 3.63) is 54.0 Å². The summed E-state index contributed by atoms with van der Waals surface area (Å²) in [5, 5.41) is 0. The number of hydrogen-bond donors (Lipinski definition) is 1. The van der Waals surface area contributed by atoms with Crippen LogP contribution in [0.25, 0.3) is 0 Å². The molecule has 1 aromatic carbocycles. The largest absolute Gasteiger partial charge is 0.472 e. The van der Waals surface area contributed by atoms with Crippen molar-refractivity contribution in [1.29, 1.82) is 0 Å². The van der Waals surface area contributed by atoms with Gasteiger partial charge in [0.2, 0.25) is 0 Å². The molecular weight excluding hydrogens is 200 g/mol. The van der Waals surface area contributed by atoms with E-state index >= 15 is 0 Å². The van der Waals surface area contributed by atoms with Crippen molar-refractivity contribution in [3.8, 4) is 0 Å². The van der Waals surface area contributed by atoms with E-state index in [0.717, 1.165) is 11.1 Å². The zero-order valence-electron chi connectivity index (χ0n) is 9.55. The first-order valence-electron chi connectivity index (χ1n) is 5.23. The maximum Gasteiger partial charge on any atom is 0.0953 e. The average molecular weight is 216 g/mol. The second-order valence-corrected chi connectivity index (χ2v) is 4.02. The third-order valence-electron chi connectivity index (χ3n) is 2.67. The number of rotatable bonds is 3. The molecule has 0 radical (unpaired) electrons. The van der Waals surface area contributed by atoms with E-state index in [1.165, 1.54) is 5.69 Å². The molecule has 0 fully saturated rings. The fourth-order valence-corrected chi connectivity index (χ4v) is 1.62. The van der Waals surface area contributed by atoms with Crippen LogP contribution in [0.15, 0.2) is 47.3 Å². The number of hydrogen-bond acceptors (Lipinski definition) is 3. The lowest BCUT2D eigenvalue weighted by Crippen LogP contribution is -2.12. The van der Waals surface area contributed by atoms with Crippen LogP contribution in [-0.4, -0.2) is 14.1 Å². The Morgan fingerprint density at radius 3 is 2.25 bits per heavy atom. The normalized spacial score (nSPS) is 12.4. The van der Waals surface area contributed by atoms with Crippen LogP contribution >= 0.6 is 0 Å². The molecule has 2 aromatic rings. The molecule has 3 heteroatoms. The maximum atomic E-state index is 6.11. The Bertz CT molecular complexity index is 431. The molecule has 0 saturated carbocycles. The molecule has 0 spiro atoms. The Kier molecular flexibility index (Phi) is 2.97. The van der Waals surface area contributed by atoms with Crippen LogP contribution in [0.5, 0.6) is 0 Å². The van der Waals surface area contributed by atoms with Crippen molar-refractivity contribution in [1.82, 2.24) is 0 Å². The molecule has 1 unspecified atom stereocenters. The molecule has 16 heavy (non-hydrogen) atoms. The van der Waals surface area contributed by atoms with Gasteiger partial charge in [0.15, 0.2) is 0 Å². The smallest absolute Gasteiger partial charge is 0.0953 e. The van der Waals surface area contributed by atoms with E-state index in [1.54, 1.807) is 12.5 Å². The van der Waals surface area contributed by atoms with Crippen molar-refractivity contribution in [2.24, 2.45) is 5.73 Å². The van der Waals surface area contributed by atoms with Gasteiger partial charge in [-0.3, -0.25) is 0 Å².